The van der Waals surface area contributed by atoms with Crippen molar-refractivity contribution in [1.29, 1.82) is 0 Å². The van der Waals surface area contributed by atoms with E-state index in [4.69, 9.17) is 11.6 Å². The van der Waals surface area contributed by atoms with Gasteiger partial charge in [0.15, 0.2) is 0 Å². The summed E-state index contributed by atoms with van der Waals surface area (Å²) in [6, 6.07) is 14.6. The van der Waals surface area contributed by atoms with Crippen LogP contribution in [0.15, 0.2) is 54.2 Å². The van der Waals surface area contributed by atoms with Crippen molar-refractivity contribution < 1.29 is 9.59 Å². The molecule has 5 heteroatoms. The number of carbonyl (C=O) groups is 2. The molecule has 25 heavy (non-hydrogen) atoms. The number of halogens is 1. The van der Waals surface area contributed by atoms with Gasteiger partial charge in [0.1, 0.15) is 5.70 Å². The van der Waals surface area contributed by atoms with Gasteiger partial charge in [-0.05, 0) is 42.7 Å². The molecule has 0 aromatic heterocycles. The molecule has 0 atom stereocenters. The number of carbonyl (C=O) groups excluding carboxylic acids is 2. The zero-order valence-electron chi connectivity index (χ0n) is 14.2. The number of amides is 2. The van der Waals surface area contributed by atoms with Crippen LogP contribution in [0.3, 0.4) is 0 Å². The number of para-hydroxylation sites is 1. The van der Waals surface area contributed by atoms with E-state index in [0.29, 0.717) is 34.8 Å². The summed E-state index contributed by atoms with van der Waals surface area (Å²) in [7, 11) is 0. The largest absolute Gasteiger partial charge is 0.350 e. The fourth-order valence-corrected chi connectivity index (χ4v) is 2.98. The molecule has 4 nitrogen and oxygen atoms in total. The van der Waals surface area contributed by atoms with Crippen molar-refractivity contribution in [3.63, 3.8) is 0 Å². The van der Waals surface area contributed by atoms with Crippen molar-refractivity contribution in [2.24, 2.45) is 0 Å². The minimum Gasteiger partial charge on any atom is -0.350 e. The number of anilines is 1. The van der Waals surface area contributed by atoms with E-state index in [-0.39, 0.29) is 11.8 Å². The first-order valence-corrected chi connectivity index (χ1v) is 8.59. The van der Waals surface area contributed by atoms with Crippen molar-refractivity contribution in [2.45, 2.75) is 20.3 Å². The Hall–Kier alpha value is -2.59. The molecular weight excluding hydrogens is 336 g/mol. The van der Waals surface area contributed by atoms with Crippen LogP contribution in [0, 0.1) is 6.92 Å². The van der Waals surface area contributed by atoms with Crippen molar-refractivity contribution >= 4 is 34.7 Å². The van der Waals surface area contributed by atoms with E-state index in [1.165, 1.54) is 4.90 Å². The maximum Gasteiger partial charge on any atom is 0.278 e. The van der Waals surface area contributed by atoms with Gasteiger partial charge in [-0.2, -0.15) is 0 Å². The summed E-state index contributed by atoms with van der Waals surface area (Å²) < 4.78 is 0. The molecule has 0 spiro atoms. The molecule has 3 rings (SSSR count). The van der Waals surface area contributed by atoms with Gasteiger partial charge in [-0.15, -0.1) is 0 Å². The van der Waals surface area contributed by atoms with Gasteiger partial charge in [-0.25, -0.2) is 0 Å². The first-order chi connectivity index (χ1) is 12.0. The molecule has 2 aromatic rings. The second-order valence-corrected chi connectivity index (χ2v) is 6.40. The first kappa shape index (κ1) is 17.2. The summed E-state index contributed by atoms with van der Waals surface area (Å²) in [4.78, 5) is 27.0. The van der Waals surface area contributed by atoms with Crippen molar-refractivity contribution in [3.05, 3.63) is 70.4 Å². The smallest absolute Gasteiger partial charge is 0.278 e. The molecule has 0 saturated heterocycles. The molecule has 2 aromatic carbocycles. The monoisotopic (exact) mass is 354 g/mol. The number of hydrogen-bond acceptors (Lipinski definition) is 3. The van der Waals surface area contributed by atoms with Crippen molar-refractivity contribution in [3.8, 4) is 0 Å². The maximum absolute atomic E-state index is 12.9. The summed E-state index contributed by atoms with van der Waals surface area (Å²) >= 11 is 5.95. The Bertz CT molecular complexity index is 856. The predicted octanol–water partition coefficient (Wildman–Crippen LogP) is 4.25. The summed E-state index contributed by atoms with van der Waals surface area (Å²) in [6.07, 6.45) is 0.711. The van der Waals surface area contributed by atoms with Gasteiger partial charge in [0.2, 0.25) is 0 Å². The van der Waals surface area contributed by atoms with Gasteiger partial charge in [-0.1, -0.05) is 48.9 Å². The average Bonchev–Trinajstić information content (AvgIpc) is 2.83. The molecule has 0 radical (unpaired) electrons. The number of rotatable bonds is 5. The van der Waals surface area contributed by atoms with Crippen LogP contribution < -0.4 is 5.32 Å². The number of nitrogens with one attached hydrogen (secondary N) is 1. The second-order valence-electron chi connectivity index (χ2n) is 5.96. The van der Waals surface area contributed by atoms with Crippen molar-refractivity contribution in [2.75, 3.05) is 11.9 Å². The summed E-state index contributed by atoms with van der Waals surface area (Å²) in [6.45, 7) is 4.29. The maximum atomic E-state index is 12.9. The average molecular weight is 355 g/mol. The van der Waals surface area contributed by atoms with Crippen molar-refractivity contribution in [1.82, 2.24) is 4.90 Å². The highest BCUT2D eigenvalue weighted by Gasteiger charge is 2.38. The molecule has 0 fully saturated rings. The number of nitrogens with zero attached hydrogens (tertiary/aromatic N) is 1. The predicted molar refractivity (Wildman–Crippen MR) is 100 cm³/mol. The van der Waals surface area contributed by atoms with Crippen LogP contribution in [0.4, 0.5) is 5.69 Å². The topological polar surface area (TPSA) is 49.4 Å². The van der Waals surface area contributed by atoms with Gasteiger partial charge in [0, 0.05) is 17.3 Å². The number of benzene rings is 2. The molecule has 1 aliphatic heterocycles. The molecule has 1 aliphatic rings. The van der Waals surface area contributed by atoms with Crippen LogP contribution in [0.25, 0.3) is 5.57 Å². The van der Waals surface area contributed by atoms with Crippen LogP contribution in [0.5, 0.6) is 0 Å². The summed E-state index contributed by atoms with van der Waals surface area (Å²) in [5, 5.41) is 3.76. The normalized spacial score (nSPS) is 14.4. The number of imide groups is 1. The summed E-state index contributed by atoms with van der Waals surface area (Å²) in [5.74, 6) is -0.565. The molecule has 1 heterocycles. The molecule has 0 aliphatic carbocycles. The Labute approximate surface area is 152 Å². The van der Waals surface area contributed by atoms with Crippen LogP contribution in [-0.4, -0.2) is 23.3 Å². The van der Waals surface area contributed by atoms with E-state index in [9.17, 15) is 9.59 Å². The Kier molecular flexibility index (Phi) is 4.91. The minimum atomic E-state index is -0.292. The highest BCUT2D eigenvalue weighted by atomic mass is 35.5. The third-order valence-electron chi connectivity index (χ3n) is 4.15. The third-order valence-corrected chi connectivity index (χ3v) is 4.40. The van der Waals surface area contributed by atoms with E-state index in [1.807, 2.05) is 38.1 Å². The lowest BCUT2D eigenvalue weighted by Gasteiger charge is -2.14. The van der Waals surface area contributed by atoms with Gasteiger partial charge in [0.25, 0.3) is 11.8 Å². The quantitative estimate of drug-likeness (QED) is 0.816. The lowest BCUT2D eigenvalue weighted by Crippen LogP contribution is -2.33. The lowest BCUT2D eigenvalue weighted by molar-refractivity contribution is -0.136. The SMILES string of the molecule is CCCN1C(=O)C(Nc2ccccc2C)=C(c2ccc(Cl)cc2)C1=O. The molecule has 0 unspecified atom stereocenters. The van der Waals surface area contributed by atoms with E-state index < -0.39 is 0 Å². The second kappa shape index (κ2) is 7.11. The molecule has 2 amide bonds. The molecule has 1 N–H and O–H groups in total. The number of aryl methyl sites for hydroxylation is 1. The molecule has 0 bridgehead atoms. The molecule has 128 valence electrons. The Morgan fingerprint density at radius 3 is 2.32 bits per heavy atom. The highest BCUT2D eigenvalue weighted by molar-refractivity contribution is 6.36. The highest BCUT2D eigenvalue weighted by Crippen LogP contribution is 2.31. The van der Waals surface area contributed by atoms with Gasteiger partial charge < -0.3 is 5.32 Å². The third kappa shape index (κ3) is 3.30. The van der Waals surface area contributed by atoms with Gasteiger partial charge in [-0.3, -0.25) is 14.5 Å². The zero-order valence-corrected chi connectivity index (χ0v) is 14.9. The fourth-order valence-electron chi connectivity index (χ4n) is 2.85. The van der Waals surface area contributed by atoms with Crippen LogP contribution in [-0.2, 0) is 9.59 Å². The van der Waals surface area contributed by atoms with Gasteiger partial charge >= 0.3 is 0 Å². The van der Waals surface area contributed by atoms with Gasteiger partial charge in [0.05, 0.1) is 5.57 Å². The molecule has 0 saturated carbocycles. The number of hydrogen-bond donors (Lipinski definition) is 1. The van der Waals surface area contributed by atoms with E-state index in [1.54, 1.807) is 24.3 Å². The standard InChI is InChI=1S/C20H19ClN2O2/c1-3-12-23-19(24)17(14-8-10-15(21)11-9-14)18(20(23)25)22-16-7-5-4-6-13(16)2/h4-11,22H,3,12H2,1-2H3. The molecular formula is C20H19ClN2O2. The Balaban J connectivity index is 2.09. The van der Waals surface area contributed by atoms with Crippen LogP contribution in [0.2, 0.25) is 5.02 Å². The van der Waals surface area contributed by atoms with E-state index in [2.05, 4.69) is 5.32 Å². The van der Waals surface area contributed by atoms with E-state index in [0.717, 1.165) is 11.3 Å². The van der Waals surface area contributed by atoms with Crippen LogP contribution in [0.1, 0.15) is 24.5 Å². The fraction of sp³-hybridized carbons (Fsp3) is 0.200. The lowest BCUT2D eigenvalue weighted by atomic mass is 10.0. The Morgan fingerprint density at radius 2 is 1.68 bits per heavy atom. The summed E-state index contributed by atoms with van der Waals surface area (Å²) in [5.41, 5.74) is 3.19. The van der Waals surface area contributed by atoms with Crippen LogP contribution >= 0.6 is 11.6 Å². The van der Waals surface area contributed by atoms with E-state index >= 15 is 0 Å². The minimum absolute atomic E-state index is 0.273. The first-order valence-electron chi connectivity index (χ1n) is 8.22. The zero-order chi connectivity index (χ0) is 18.0. The Morgan fingerprint density at radius 1 is 1.00 bits per heavy atom.